The van der Waals surface area contributed by atoms with Crippen molar-refractivity contribution in [2.45, 2.75) is 90.1 Å². The lowest BCUT2D eigenvalue weighted by Gasteiger charge is -2.52. The van der Waals surface area contributed by atoms with Crippen LogP contribution in [0.2, 0.25) is 0 Å². The minimum absolute atomic E-state index is 0.0102. The van der Waals surface area contributed by atoms with Crippen LogP contribution in [0.1, 0.15) is 95.1 Å². The third-order valence-corrected chi connectivity index (χ3v) is 8.88. The van der Waals surface area contributed by atoms with Gasteiger partial charge >= 0.3 is 0 Å². The molecular formula is C30H36O2. The molecule has 2 saturated carbocycles. The quantitative estimate of drug-likeness (QED) is 0.441. The molecule has 4 aliphatic carbocycles. The Balaban J connectivity index is 1.54. The van der Waals surface area contributed by atoms with Gasteiger partial charge < -0.3 is 5.11 Å². The number of fused-ring (bicyclic) bond motifs is 4. The number of carbonyl (C=O) groups excluding carboxylic acids is 1. The van der Waals surface area contributed by atoms with Crippen LogP contribution in [0.4, 0.5) is 0 Å². The van der Waals surface area contributed by atoms with Crippen LogP contribution in [-0.2, 0) is 4.79 Å². The number of aliphatic hydroxyl groups excluding tert-OH is 1. The van der Waals surface area contributed by atoms with Gasteiger partial charge in [0, 0.05) is 24.3 Å². The van der Waals surface area contributed by atoms with Gasteiger partial charge in [0.1, 0.15) is 0 Å². The number of carbonyl (C=O) groups is 1. The predicted octanol–water partition coefficient (Wildman–Crippen LogP) is 6.49. The normalized spacial score (nSPS) is 33.6. The molecule has 0 amide bonds. The van der Waals surface area contributed by atoms with Gasteiger partial charge in [-0.3, -0.25) is 4.79 Å². The summed E-state index contributed by atoms with van der Waals surface area (Å²) in [6.07, 6.45) is 11.8. The van der Waals surface area contributed by atoms with Gasteiger partial charge in [-0.05, 0) is 97.1 Å². The summed E-state index contributed by atoms with van der Waals surface area (Å²) >= 11 is 0. The Morgan fingerprint density at radius 1 is 1.09 bits per heavy atom. The van der Waals surface area contributed by atoms with Gasteiger partial charge in [0.25, 0.3) is 0 Å². The second-order valence-electron chi connectivity index (χ2n) is 10.7. The largest absolute Gasteiger partial charge is 0.393 e. The minimum Gasteiger partial charge on any atom is -0.393 e. The fraction of sp³-hybridized carbons (Fsp3) is 0.567. The van der Waals surface area contributed by atoms with E-state index in [2.05, 4.69) is 50.0 Å². The lowest BCUT2D eigenvalue weighted by Crippen LogP contribution is -2.45. The molecule has 1 aromatic carbocycles. The second kappa shape index (κ2) is 8.68. The van der Waals surface area contributed by atoms with Crippen molar-refractivity contribution in [3.05, 3.63) is 58.2 Å². The number of hydrogen-bond acceptors (Lipinski definition) is 2. The Labute approximate surface area is 193 Å². The highest BCUT2D eigenvalue weighted by atomic mass is 16.3. The minimum atomic E-state index is -0.199. The summed E-state index contributed by atoms with van der Waals surface area (Å²) < 4.78 is 0. The molecule has 2 heteroatoms. The molecule has 0 spiro atoms. The SMILES string of the molecule is CCCCC#Cc1ccc(C2CC3(C)C(O)CCC3C3CCC4=CC(=O)CCC4=C23)cc1. The molecule has 0 aromatic heterocycles. The zero-order chi connectivity index (χ0) is 22.3. The molecule has 2 fully saturated rings. The average molecular weight is 429 g/mol. The van der Waals surface area contributed by atoms with Crippen LogP contribution < -0.4 is 0 Å². The first-order valence-corrected chi connectivity index (χ1v) is 12.7. The smallest absolute Gasteiger partial charge is 0.156 e. The van der Waals surface area contributed by atoms with Crippen molar-refractivity contribution in [2.24, 2.45) is 17.3 Å². The van der Waals surface area contributed by atoms with Crippen LogP contribution in [-0.4, -0.2) is 17.0 Å². The van der Waals surface area contributed by atoms with Crippen LogP contribution in [0.5, 0.6) is 0 Å². The van der Waals surface area contributed by atoms with E-state index < -0.39 is 0 Å². The molecule has 168 valence electrons. The number of rotatable bonds is 3. The molecular weight excluding hydrogens is 392 g/mol. The van der Waals surface area contributed by atoms with Crippen LogP contribution in [0.3, 0.4) is 0 Å². The van der Waals surface area contributed by atoms with Gasteiger partial charge in [-0.25, -0.2) is 0 Å². The van der Waals surface area contributed by atoms with Crippen molar-refractivity contribution < 1.29 is 9.90 Å². The summed E-state index contributed by atoms with van der Waals surface area (Å²) in [5, 5.41) is 11.0. The molecule has 0 heterocycles. The third kappa shape index (κ3) is 3.69. The highest BCUT2D eigenvalue weighted by Gasteiger charge is 2.56. The molecule has 5 unspecified atom stereocenters. The monoisotopic (exact) mass is 428 g/mol. The first kappa shape index (κ1) is 21.7. The van der Waals surface area contributed by atoms with Crippen molar-refractivity contribution in [3.63, 3.8) is 0 Å². The molecule has 5 rings (SSSR count). The molecule has 1 aromatic rings. The lowest BCUT2D eigenvalue weighted by atomic mass is 9.53. The molecule has 0 saturated heterocycles. The summed E-state index contributed by atoms with van der Waals surface area (Å²) in [5.74, 6) is 8.36. The molecule has 1 N–H and O–H groups in total. The predicted molar refractivity (Wildman–Crippen MR) is 129 cm³/mol. The summed E-state index contributed by atoms with van der Waals surface area (Å²) in [7, 11) is 0. The van der Waals surface area contributed by atoms with Gasteiger partial charge in [-0.2, -0.15) is 0 Å². The van der Waals surface area contributed by atoms with Gasteiger partial charge in [0.2, 0.25) is 0 Å². The Kier molecular flexibility index (Phi) is 5.89. The first-order chi connectivity index (χ1) is 15.5. The van der Waals surface area contributed by atoms with Gasteiger partial charge in [-0.15, -0.1) is 0 Å². The lowest BCUT2D eigenvalue weighted by molar-refractivity contribution is -0.114. The van der Waals surface area contributed by atoms with Crippen molar-refractivity contribution in [2.75, 3.05) is 0 Å². The molecule has 0 bridgehead atoms. The van der Waals surface area contributed by atoms with E-state index >= 15 is 0 Å². The van der Waals surface area contributed by atoms with E-state index in [1.54, 1.807) is 5.57 Å². The molecule has 5 atom stereocenters. The maximum Gasteiger partial charge on any atom is 0.156 e. The number of aliphatic hydroxyl groups is 1. The second-order valence-corrected chi connectivity index (χ2v) is 10.7. The van der Waals surface area contributed by atoms with E-state index in [1.807, 2.05) is 6.08 Å². The van der Waals surface area contributed by atoms with E-state index in [1.165, 1.54) is 23.1 Å². The molecule has 2 nitrogen and oxygen atoms in total. The van der Waals surface area contributed by atoms with Crippen LogP contribution in [0.25, 0.3) is 0 Å². The van der Waals surface area contributed by atoms with Crippen LogP contribution in [0, 0.1) is 29.1 Å². The Hall–Kier alpha value is -2.11. The van der Waals surface area contributed by atoms with Gasteiger partial charge in [0.15, 0.2) is 5.78 Å². The first-order valence-electron chi connectivity index (χ1n) is 12.7. The van der Waals surface area contributed by atoms with Gasteiger partial charge in [0.05, 0.1) is 6.10 Å². The zero-order valence-electron chi connectivity index (χ0n) is 19.6. The van der Waals surface area contributed by atoms with Crippen molar-refractivity contribution in [1.82, 2.24) is 0 Å². The number of allylic oxidation sites excluding steroid dienone is 4. The number of benzene rings is 1. The fourth-order valence-corrected chi connectivity index (χ4v) is 7.16. The van der Waals surface area contributed by atoms with Crippen molar-refractivity contribution >= 4 is 5.78 Å². The topological polar surface area (TPSA) is 37.3 Å². The third-order valence-electron chi connectivity index (χ3n) is 8.88. The number of unbranched alkanes of at least 4 members (excludes halogenated alkanes) is 2. The van der Waals surface area contributed by atoms with E-state index in [-0.39, 0.29) is 11.5 Å². The molecule has 4 aliphatic rings. The summed E-state index contributed by atoms with van der Waals surface area (Å²) in [6, 6.07) is 8.90. The van der Waals surface area contributed by atoms with Crippen LogP contribution >= 0.6 is 0 Å². The van der Waals surface area contributed by atoms with E-state index in [4.69, 9.17) is 0 Å². The Morgan fingerprint density at radius 2 is 1.91 bits per heavy atom. The van der Waals surface area contributed by atoms with Crippen LogP contribution in [0.15, 0.2) is 47.1 Å². The van der Waals surface area contributed by atoms with E-state index in [0.717, 1.165) is 56.9 Å². The highest BCUT2D eigenvalue weighted by molar-refractivity contribution is 5.93. The van der Waals surface area contributed by atoms with Gasteiger partial charge in [-0.1, -0.05) is 49.8 Å². The average Bonchev–Trinajstić information content (AvgIpc) is 3.10. The van der Waals surface area contributed by atoms with Crippen molar-refractivity contribution in [3.8, 4) is 11.8 Å². The fourth-order valence-electron chi connectivity index (χ4n) is 7.16. The van der Waals surface area contributed by atoms with Crippen molar-refractivity contribution in [1.29, 1.82) is 0 Å². The molecule has 0 aliphatic heterocycles. The standard InChI is InChI=1S/C30H36O2/c1-3-4-5-6-7-20-8-10-21(11-9-20)26-19-30(2)27(16-17-28(30)32)25-14-12-22-18-23(31)13-15-24(22)29(25)26/h8-11,18,25-28,32H,3-5,12-17,19H2,1-2H3. The summed E-state index contributed by atoms with van der Waals surface area (Å²) in [6.45, 7) is 4.54. The molecule has 0 radical (unpaired) electrons. The summed E-state index contributed by atoms with van der Waals surface area (Å²) in [5.41, 5.74) is 6.83. The Bertz CT molecular complexity index is 1020. The highest BCUT2D eigenvalue weighted by Crippen LogP contribution is 2.63. The van der Waals surface area contributed by atoms with E-state index in [0.29, 0.717) is 30.0 Å². The zero-order valence-corrected chi connectivity index (χ0v) is 19.6. The maximum atomic E-state index is 12.1. The number of hydrogen-bond donors (Lipinski definition) is 1. The maximum absolute atomic E-state index is 12.1. The molecule has 32 heavy (non-hydrogen) atoms. The number of ketones is 1. The van der Waals surface area contributed by atoms with E-state index in [9.17, 15) is 9.90 Å². The summed E-state index contributed by atoms with van der Waals surface area (Å²) in [4.78, 5) is 12.1. The Morgan fingerprint density at radius 3 is 2.69 bits per heavy atom.